The van der Waals surface area contributed by atoms with E-state index >= 15 is 0 Å². The molecule has 0 radical (unpaired) electrons. The summed E-state index contributed by atoms with van der Waals surface area (Å²) in [5, 5.41) is 0.448. The van der Waals surface area contributed by atoms with E-state index in [9.17, 15) is 0 Å². The molecule has 2 aromatic carbocycles. The molecule has 3 aromatic rings. The van der Waals surface area contributed by atoms with Crippen molar-refractivity contribution < 1.29 is 0 Å². The van der Waals surface area contributed by atoms with E-state index in [1.165, 1.54) is 11.1 Å². The predicted octanol–water partition coefficient (Wildman–Crippen LogP) is 5.60. The van der Waals surface area contributed by atoms with Crippen molar-refractivity contribution in [2.24, 2.45) is 0 Å². The Kier molecular flexibility index (Phi) is 3.68. The van der Waals surface area contributed by atoms with Crippen molar-refractivity contribution in [3.63, 3.8) is 0 Å². The van der Waals surface area contributed by atoms with Crippen LogP contribution in [-0.4, -0.2) is 9.55 Å². The maximum atomic E-state index is 6.34. The van der Waals surface area contributed by atoms with Crippen LogP contribution in [0.5, 0.6) is 0 Å². The zero-order valence-electron chi connectivity index (χ0n) is 12.2. The van der Waals surface area contributed by atoms with Gasteiger partial charge in [0.1, 0.15) is 11.3 Å². The topological polar surface area (TPSA) is 17.8 Å². The lowest BCUT2D eigenvalue weighted by atomic mass is 10.1. The SMILES string of the molecule is Cc1ccc(-n2c(C(C)Cl)nc3c(Cl)cccc32)c(C)c1. The molecule has 0 aliphatic rings. The van der Waals surface area contributed by atoms with Crippen LogP contribution in [0.15, 0.2) is 36.4 Å². The average Bonchev–Trinajstić information content (AvgIpc) is 2.80. The molecular weight excluding hydrogens is 303 g/mol. The Hall–Kier alpha value is -1.51. The smallest absolute Gasteiger partial charge is 0.132 e. The van der Waals surface area contributed by atoms with Crippen LogP contribution >= 0.6 is 23.2 Å². The maximum Gasteiger partial charge on any atom is 0.132 e. The van der Waals surface area contributed by atoms with E-state index in [0.717, 1.165) is 22.5 Å². The molecule has 0 spiro atoms. The summed E-state index contributed by atoms with van der Waals surface area (Å²) in [6, 6.07) is 12.2. The first-order chi connectivity index (χ1) is 9.99. The summed E-state index contributed by atoms with van der Waals surface area (Å²) in [6.07, 6.45) is 0. The molecule has 0 fully saturated rings. The number of para-hydroxylation sites is 1. The molecule has 21 heavy (non-hydrogen) atoms. The Morgan fingerprint density at radius 2 is 1.90 bits per heavy atom. The van der Waals surface area contributed by atoms with Crippen LogP contribution < -0.4 is 0 Å². The zero-order chi connectivity index (χ0) is 15.1. The van der Waals surface area contributed by atoms with Crippen LogP contribution in [0.1, 0.15) is 29.3 Å². The molecule has 1 heterocycles. The summed E-state index contributed by atoms with van der Waals surface area (Å²) in [6.45, 7) is 6.11. The summed E-state index contributed by atoms with van der Waals surface area (Å²) < 4.78 is 2.10. The van der Waals surface area contributed by atoms with E-state index in [4.69, 9.17) is 23.2 Å². The Labute approximate surface area is 134 Å². The first kappa shape index (κ1) is 14.4. The number of fused-ring (bicyclic) bond motifs is 1. The van der Waals surface area contributed by atoms with Gasteiger partial charge in [-0.05, 0) is 44.5 Å². The highest BCUT2D eigenvalue weighted by Crippen LogP contribution is 2.32. The summed E-state index contributed by atoms with van der Waals surface area (Å²) in [5.74, 6) is 0.812. The number of benzene rings is 2. The highest BCUT2D eigenvalue weighted by Gasteiger charge is 2.18. The van der Waals surface area contributed by atoms with Crippen LogP contribution in [0.2, 0.25) is 5.02 Å². The number of aryl methyl sites for hydroxylation is 2. The molecule has 1 atom stereocenters. The van der Waals surface area contributed by atoms with Crippen molar-refractivity contribution in [1.29, 1.82) is 0 Å². The maximum absolute atomic E-state index is 6.34. The number of imidazole rings is 1. The number of hydrogen-bond donors (Lipinski definition) is 0. The van der Waals surface area contributed by atoms with E-state index in [0.29, 0.717) is 5.02 Å². The predicted molar refractivity (Wildman–Crippen MR) is 89.8 cm³/mol. The third-order valence-corrected chi connectivity index (χ3v) is 4.11. The second kappa shape index (κ2) is 5.36. The normalized spacial score (nSPS) is 12.8. The molecule has 3 rings (SSSR count). The quantitative estimate of drug-likeness (QED) is 0.563. The van der Waals surface area contributed by atoms with Gasteiger partial charge in [-0.1, -0.05) is 35.4 Å². The molecule has 4 heteroatoms. The lowest BCUT2D eigenvalue weighted by Crippen LogP contribution is -2.03. The van der Waals surface area contributed by atoms with Gasteiger partial charge in [-0.3, -0.25) is 4.57 Å². The second-order valence-corrected chi connectivity index (χ2v) is 6.38. The minimum Gasteiger partial charge on any atom is -0.295 e. The van der Waals surface area contributed by atoms with E-state index in [1.807, 2.05) is 25.1 Å². The summed E-state index contributed by atoms with van der Waals surface area (Å²) >= 11 is 12.6. The minimum atomic E-state index is -0.200. The number of aromatic nitrogens is 2. The molecule has 0 amide bonds. The van der Waals surface area contributed by atoms with Crippen LogP contribution in [0.3, 0.4) is 0 Å². The molecule has 0 N–H and O–H groups in total. The minimum absolute atomic E-state index is 0.200. The van der Waals surface area contributed by atoms with E-state index in [-0.39, 0.29) is 5.38 Å². The molecule has 0 saturated heterocycles. The monoisotopic (exact) mass is 318 g/mol. The van der Waals surface area contributed by atoms with Crippen LogP contribution in [0.4, 0.5) is 0 Å². The molecule has 0 saturated carbocycles. The van der Waals surface area contributed by atoms with Gasteiger partial charge in [-0.15, -0.1) is 11.6 Å². The van der Waals surface area contributed by atoms with Crippen LogP contribution in [0, 0.1) is 13.8 Å². The van der Waals surface area contributed by atoms with Crippen molar-refractivity contribution in [2.45, 2.75) is 26.1 Å². The van der Waals surface area contributed by atoms with Gasteiger partial charge in [-0.2, -0.15) is 0 Å². The van der Waals surface area contributed by atoms with Gasteiger partial charge in [0.2, 0.25) is 0 Å². The Bertz CT molecular complexity index is 819. The fourth-order valence-corrected chi connectivity index (χ4v) is 3.02. The van der Waals surface area contributed by atoms with Gasteiger partial charge in [0, 0.05) is 0 Å². The Morgan fingerprint density at radius 3 is 2.57 bits per heavy atom. The zero-order valence-corrected chi connectivity index (χ0v) is 13.7. The van der Waals surface area contributed by atoms with E-state index in [2.05, 4.69) is 41.6 Å². The molecular formula is C17H16Cl2N2. The fourth-order valence-electron chi connectivity index (χ4n) is 2.66. The third kappa shape index (κ3) is 2.43. The van der Waals surface area contributed by atoms with Crippen molar-refractivity contribution in [1.82, 2.24) is 9.55 Å². The summed E-state index contributed by atoms with van der Waals surface area (Å²) in [4.78, 5) is 4.65. The Balaban J connectivity index is 2.39. The molecule has 0 aliphatic heterocycles. The van der Waals surface area contributed by atoms with Crippen molar-refractivity contribution in [3.05, 3.63) is 58.4 Å². The molecule has 0 bridgehead atoms. The second-order valence-electron chi connectivity index (χ2n) is 5.32. The van der Waals surface area contributed by atoms with E-state index in [1.54, 1.807) is 0 Å². The van der Waals surface area contributed by atoms with Crippen LogP contribution in [-0.2, 0) is 0 Å². The standard InChI is InChI=1S/C17H16Cl2N2/c1-10-7-8-14(11(2)9-10)21-15-6-4-5-13(19)16(15)20-17(21)12(3)18/h4-9,12H,1-3H3. The highest BCUT2D eigenvalue weighted by atomic mass is 35.5. The Morgan fingerprint density at radius 1 is 1.14 bits per heavy atom. The number of halogens is 2. The first-order valence-electron chi connectivity index (χ1n) is 6.87. The van der Waals surface area contributed by atoms with E-state index < -0.39 is 0 Å². The van der Waals surface area contributed by atoms with Gasteiger partial charge >= 0.3 is 0 Å². The molecule has 0 aliphatic carbocycles. The number of hydrogen-bond acceptors (Lipinski definition) is 1. The highest BCUT2D eigenvalue weighted by molar-refractivity contribution is 6.35. The summed E-state index contributed by atoms with van der Waals surface area (Å²) in [5.41, 5.74) is 5.29. The summed E-state index contributed by atoms with van der Waals surface area (Å²) in [7, 11) is 0. The number of nitrogens with zero attached hydrogens (tertiary/aromatic N) is 2. The van der Waals surface area contributed by atoms with Crippen molar-refractivity contribution in [3.8, 4) is 5.69 Å². The first-order valence-corrected chi connectivity index (χ1v) is 7.69. The van der Waals surface area contributed by atoms with Crippen molar-refractivity contribution >= 4 is 34.2 Å². The third-order valence-electron chi connectivity index (χ3n) is 3.61. The molecule has 1 aromatic heterocycles. The molecule has 108 valence electrons. The average molecular weight is 319 g/mol. The fraction of sp³-hybridized carbons (Fsp3) is 0.235. The van der Waals surface area contributed by atoms with Gasteiger partial charge in [0.15, 0.2) is 0 Å². The van der Waals surface area contributed by atoms with Gasteiger partial charge in [0.05, 0.1) is 21.6 Å². The van der Waals surface area contributed by atoms with Crippen molar-refractivity contribution in [2.75, 3.05) is 0 Å². The lowest BCUT2D eigenvalue weighted by Gasteiger charge is -2.14. The van der Waals surface area contributed by atoms with Crippen LogP contribution in [0.25, 0.3) is 16.7 Å². The molecule has 2 nitrogen and oxygen atoms in total. The van der Waals surface area contributed by atoms with Gasteiger partial charge in [0.25, 0.3) is 0 Å². The lowest BCUT2D eigenvalue weighted by molar-refractivity contribution is 0.878. The molecule has 1 unspecified atom stereocenters. The van der Waals surface area contributed by atoms with Gasteiger partial charge in [-0.25, -0.2) is 4.98 Å². The van der Waals surface area contributed by atoms with Gasteiger partial charge < -0.3 is 0 Å². The largest absolute Gasteiger partial charge is 0.295 e. The number of rotatable bonds is 2. The number of alkyl halides is 1.